The second kappa shape index (κ2) is 15.7. The van der Waals surface area contributed by atoms with Gasteiger partial charge >= 0.3 is 0 Å². The first kappa shape index (κ1) is 36.0. The Morgan fingerprint density at radius 3 is 1.91 bits per heavy atom. The minimum Gasteiger partial charge on any atom is -0.530 e. The van der Waals surface area contributed by atoms with Gasteiger partial charge in [-0.2, -0.15) is 0 Å². The van der Waals surface area contributed by atoms with E-state index in [4.69, 9.17) is 0 Å². The van der Waals surface area contributed by atoms with Crippen LogP contribution in [-0.4, -0.2) is 75.2 Å². The smallest absolute Gasteiger partial charge is 0.243 e. The zero-order chi connectivity index (χ0) is 33.4. The summed E-state index contributed by atoms with van der Waals surface area (Å²) in [6.07, 6.45) is 0.341. The maximum atomic E-state index is 14.0. The number of likely N-dealkylation sites (tertiary alicyclic amines) is 1. The largest absolute Gasteiger partial charge is 0.530 e. The third-order valence-electron chi connectivity index (χ3n) is 8.51. The molecule has 2 aromatic rings. The van der Waals surface area contributed by atoms with Crippen molar-refractivity contribution < 1.29 is 24.6 Å². The molecule has 1 aliphatic rings. The lowest BCUT2D eigenvalue weighted by molar-refractivity contribution is -0.269. The van der Waals surface area contributed by atoms with E-state index >= 15 is 0 Å². The average molecular weight is 622 g/mol. The number of hydrogen-bond acceptors (Lipinski definition) is 6. The summed E-state index contributed by atoms with van der Waals surface area (Å²) < 4.78 is 0. The van der Waals surface area contributed by atoms with E-state index in [-0.39, 0.29) is 30.0 Å². The van der Waals surface area contributed by atoms with Crippen molar-refractivity contribution in [2.75, 3.05) is 13.1 Å². The standard InChI is InChI=1S/C36H54N4O5/c1-25(2)22-29(32(41)38-35(5,6)7)39-20-18-36(45,19-21-39)30(23-27-14-10-8-11-15-27)37-33(42)31(26(3)4)40(34(43)44)24-28-16-12-9-13-17-28/h8-17,25-26,29-31,45H,18-24H2,1-7H3,(H,37,42)(H,38,41)(H,43,44)/p-1/t29-,30-,31-/m0/s1. The number of benzene rings is 2. The number of amides is 3. The lowest BCUT2D eigenvalue weighted by atomic mass is 9.80. The van der Waals surface area contributed by atoms with Crippen molar-refractivity contribution in [3.63, 3.8) is 0 Å². The van der Waals surface area contributed by atoms with Crippen LogP contribution < -0.4 is 15.7 Å². The van der Waals surface area contributed by atoms with E-state index in [2.05, 4.69) is 29.4 Å². The molecule has 1 heterocycles. The molecule has 45 heavy (non-hydrogen) atoms. The Morgan fingerprint density at radius 1 is 0.911 bits per heavy atom. The van der Waals surface area contributed by atoms with Crippen molar-refractivity contribution in [3.05, 3.63) is 71.8 Å². The summed E-state index contributed by atoms with van der Waals surface area (Å²) in [5.74, 6) is -0.527. The van der Waals surface area contributed by atoms with E-state index in [9.17, 15) is 24.6 Å². The molecule has 0 saturated carbocycles. The van der Waals surface area contributed by atoms with Crippen LogP contribution in [0.15, 0.2) is 60.7 Å². The molecule has 0 spiro atoms. The molecule has 3 N–H and O–H groups in total. The van der Waals surface area contributed by atoms with Crippen molar-refractivity contribution in [1.29, 1.82) is 0 Å². The van der Waals surface area contributed by atoms with Crippen molar-refractivity contribution >= 4 is 17.9 Å². The molecule has 1 saturated heterocycles. The van der Waals surface area contributed by atoms with Crippen molar-refractivity contribution in [3.8, 4) is 0 Å². The Morgan fingerprint density at radius 2 is 1.44 bits per heavy atom. The van der Waals surface area contributed by atoms with E-state index in [1.807, 2.05) is 95.3 Å². The number of rotatable bonds is 13. The fraction of sp³-hybridized carbons (Fsp3) is 0.583. The van der Waals surface area contributed by atoms with Crippen LogP contribution in [0.5, 0.6) is 0 Å². The molecule has 3 amide bonds. The number of carboxylic acid groups (broad SMARTS) is 1. The van der Waals surface area contributed by atoms with E-state index in [0.29, 0.717) is 44.7 Å². The number of hydrogen-bond donors (Lipinski definition) is 3. The van der Waals surface area contributed by atoms with Gasteiger partial charge in [-0.25, -0.2) is 0 Å². The fourth-order valence-electron chi connectivity index (χ4n) is 6.24. The summed E-state index contributed by atoms with van der Waals surface area (Å²) in [6.45, 7) is 14.7. The summed E-state index contributed by atoms with van der Waals surface area (Å²) in [7, 11) is 0. The van der Waals surface area contributed by atoms with Gasteiger partial charge in [-0.15, -0.1) is 0 Å². The lowest BCUT2D eigenvalue weighted by Crippen LogP contribution is -2.64. The number of piperidine rings is 1. The third kappa shape index (κ3) is 10.6. The van der Waals surface area contributed by atoms with Gasteiger partial charge in [-0.1, -0.05) is 88.4 Å². The summed E-state index contributed by atoms with van der Waals surface area (Å²) in [5, 5.41) is 30.7. The zero-order valence-electron chi connectivity index (χ0n) is 28.1. The highest BCUT2D eigenvalue weighted by Gasteiger charge is 2.44. The summed E-state index contributed by atoms with van der Waals surface area (Å²) in [5.41, 5.74) is 0.0697. The highest BCUT2D eigenvalue weighted by Crippen LogP contribution is 2.31. The lowest BCUT2D eigenvalue weighted by Gasteiger charge is -2.46. The summed E-state index contributed by atoms with van der Waals surface area (Å²) in [6, 6.07) is 16.8. The van der Waals surface area contributed by atoms with Crippen LogP contribution in [0.4, 0.5) is 4.79 Å². The molecule has 248 valence electrons. The number of nitrogens with one attached hydrogen (secondary N) is 2. The Labute approximate surface area is 269 Å². The minimum atomic E-state index is -1.43. The molecular weight excluding hydrogens is 568 g/mol. The van der Waals surface area contributed by atoms with Crippen molar-refractivity contribution in [2.45, 2.75) is 110 Å². The number of carbonyl (C=O) groups excluding carboxylic acids is 3. The Balaban J connectivity index is 1.86. The molecule has 0 aliphatic carbocycles. The molecular formula is C36H53N4O5-. The normalized spacial score (nSPS) is 17.4. The minimum absolute atomic E-state index is 0.00981. The first-order chi connectivity index (χ1) is 21.1. The van der Waals surface area contributed by atoms with Crippen LogP contribution in [0.3, 0.4) is 0 Å². The first-order valence-electron chi connectivity index (χ1n) is 16.2. The van der Waals surface area contributed by atoms with Gasteiger partial charge in [-0.05, 0) is 69.4 Å². The van der Waals surface area contributed by atoms with E-state index in [0.717, 1.165) is 16.0 Å². The Hall–Kier alpha value is -3.43. The average Bonchev–Trinajstić information content (AvgIpc) is 2.95. The molecule has 0 unspecified atom stereocenters. The van der Waals surface area contributed by atoms with Gasteiger partial charge in [0.05, 0.1) is 17.7 Å². The SMILES string of the molecule is CC(C)C[C@@H](C(=O)NC(C)(C)C)N1CCC(O)([C@H](Cc2ccccc2)NC(=O)[C@H](C(C)C)N(Cc2ccccc2)C(=O)[O-])CC1. The van der Waals surface area contributed by atoms with Gasteiger partial charge in [0.25, 0.3) is 0 Å². The molecule has 3 rings (SSSR count). The molecule has 3 atom stereocenters. The summed E-state index contributed by atoms with van der Waals surface area (Å²) >= 11 is 0. The molecule has 0 aromatic heterocycles. The van der Waals surface area contributed by atoms with Crippen LogP contribution >= 0.6 is 0 Å². The van der Waals surface area contributed by atoms with Crippen LogP contribution in [-0.2, 0) is 22.6 Å². The molecule has 9 nitrogen and oxygen atoms in total. The zero-order valence-corrected chi connectivity index (χ0v) is 28.1. The molecule has 2 aromatic carbocycles. The van der Waals surface area contributed by atoms with Crippen LogP contribution in [0.25, 0.3) is 0 Å². The molecule has 0 bridgehead atoms. The van der Waals surface area contributed by atoms with Crippen LogP contribution in [0.2, 0.25) is 0 Å². The van der Waals surface area contributed by atoms with E-state index in [1.54, 1.807) is 0 Å². The molecule has 1 fully saturated rings. The van der Waals surface area contributed by atoms with Gasteiger partial charge in [0.15, 0.2) is 0 Å². The second-order valence-corrected chi connectivity index (χ2v) is 14.3. The van der Waals surface area contributed by atoms with Crippen molar-refractivity contribution in [2.24, 2.45) is 11.8 Å². The maximum Gasteiger partial charge on any atom is 0.243 e. The topological polar surface area (TPSA) is 125 Å². The van der Waals surface area contributed by atoms with Gasteiger partial charge < -0.3 is 30.5 Å². The quantitative estimate of drug-likeness (QED) is 0.313. The predicted molar refractivity (Wildman–Crippen MR) is 175 cm³/mol. The fourth-order valence-corrected chi connectivity index (χ4v) is 6.24. The molecule has 0 radical (unpaired) electrons. The van der Waals surface area contributed by atoms with E-state index < -0.39 is 29.7 Å². The highest BCUT2D eigenvalue weighted by molar-refractivity contribution is 5.85. The maximum absolute atomic E-state index is 14.0. The highest BCUT2D eigenvalue weighted by atomic mass is 16.4. The molecule has 9 heteroatoms. The van der Waals surface area contributed by atoms with Gasteiger partial charge in [0.1, 0.15) is 12.1 Å². The van der Waals surface area contributed by atoms with Crippen LogP contribution in [0, 0.1) is 11.8 Å². The number of carbonyl (C=O) groups is 3. The molecule has 1 aliphatic heterocycles. The van der Waals surface area contributed by atoms with Crippen molar-refractivity contribution in [1.82, 2.24) is 20.4 Å². The third-order valence-corrected chi connectivity index (χ3v) is 8.51. The van der Waals surface area contributed by atoms with Gasteiger partial charge in [0, 0.05) is 25.2 Å². The Kier molecular flexibility index (Phi) is 12.6. The summed E-state index contributed by atoms with van der Waals surface area (Å²) in [4.78, 5) is 42.9. The first-order valence-corrected chi connectivity index (χ1v) is 16.2. The number of aliphatic hydroxyl groups is 1. The van der Waals surface area contributed by atoms with E-state index in [1.165, 1.54) is 0 Å². The second-order valence-electron chi connectivity index (χ2n) is 14.3. The number of nitrogens with zero attached hydrogens (tertiary/aromatic N) is 2. The van der Waals surface area contributed by atoms with Crippen LogP contribution in [0.1, 0.15) is 78.9 Å². The monoisotopic (exact) mass is 621 g/mol. The van der Waals surface area contributed by atoms with Gasteiger partial charge in [-0.3, -0.25) is 14.5 Å². The van der Waals surface area contributed by atoms with Gasteiger partial charge in [0.2, 0.25) is 11.8 Å². The Bertz CT molecular complexity index is 1240. The predicted octanol–water partition coefficient (Wildman–Crippen LogP) is 3.74.